The van der Waals surface area contributed by atoms with Crippen LogP contribution in [0.15, 0.2) is 84.9 Å². The number of nitrogens with zero attached hydrogens (tertiary/aromatic N) is 2. The average Bonchev–Trinajstić information content (AvgIpc) is 3.20. The number of amides is 1. The molecule has 5 heteroatoms. The minimum atomic E-state index is -0.379. The molecule has 0 saturated heterocycles. The van der Waals surface area contributed by atoms with Gasteiger partial charge in [0.25, 0.3) is 5.91 Å². The fourth-order valence-electron chi connectivity index (χ4n) is 3.40. The fourth-order valence-corrected chi connectivity index (χ4v) is 3.40. The van der Waals surface area contributed by atoms with Gasteiger partial charge in [0.1, 0.15) is 11.5 Å². The van der Waals surface area contributed by atoms with Gasteiger partial charge in [0.15, 0.2) is 0 Å². The Hall–Kier alpha value is -3.73. The number of benzene rings is 3. The van der Waals surface area contributed by atoms with Gasteiger partial charge < -0.3 is 5.32 Å². The van der Waals surface area contributed by atoms with Crippen LogP contribution in [0.4, 0.5) is 4.39 Å². The monoisotopic (exact) mass is 399 g/mol. The molecule has 1 aromatic heterocycles. The molecular formula is C25H22FN3O. The van der Waals surface area contributed by atoms with Gasteiger partial charge in [-0.05, 0) is 55.3 Å². The zero-order chi connectivity index (χ0) is 21.1. The second-order valence-corrected chi connectivity index (χ2v) is 7.25. The topological polar surface area (TPSA) is 46.9 Å². The molecule has 0 aliphatic heterocycles. The van der Waals surface area contributed by atoms with Crippen LogP contribution in [0.2, 0.25) is 0 Å². The van der Waals surface area contributed by atoms with E-state index in [1.54, 1.807) is 28.9 Å². The Bertz CT molecular complexity index is 1180. The minimum absolute atomic E-state index is 0.184. The average molecular weight is 399 g/mol. The highest BCUT2D eigenvalue weighted by Crippen LogP contribution is 2.25. The third kappa shape index (κ3) is 4.01. The summed E-state index contributed by atoms with van der Waals surface area (Å²) >= 11 is 0. The van der Waals surface area contributed by atoms with Gasteiger partial charge in [-0.3, -0.25) is 4.79 Å². The van der Waals surface area contributed by atoms with Gasteiger partial charge in [0, 0.05) is 5.56 Å². The van der Waals surface area contributed by atoms with Gasteiger partial charge in [0.05, 0.1) is 17.4 Å². The molecule has 0 spiro atoms. The van der Waals surface area contributed by atoms with Crippen LogP contribution in [0.25, 0.3) is 16.9 Å². The van der Waals surface area contributed by atoms with Crippen molar-refractivity contribution in [1.82, 2.24) is 15.1 Å². The second kappa shape index (κ2) is 8.33. The maximum Gasteiger partial charge on any atom is 0.270 e. The molecule has 4 rings (SSSR count). The molecule has 150 valence electrons. The molecule has 1 N–H and O–H groups in total. The van der Waals surface area contributed by atoms with Crippen LogP contribution >= 0.6 is 0 Å². The van der Waals surface area contributed by atoms with E-state index in [-0.39, 0.29) is 17.8 Å². The van der Waals surface area contributed by atoms with Crippen molar-refractivity contribution in [1.29, 1.82) is 0 Å². The highest BCUT2D eigenvalue weighted by molar-refractivity contribution is 5.94. The van der Waals surface area contributed by atoms with Gasteiger partial charge in [-0.25, -0.2) is 9.07 Å². The predicted molar refractivity (Wildman–Crippen MR) is 116 cm³/mol. The first-order chi connectivity index (χ1) is 14.5. The quantitative estimate of drug-likeness (QED) is 0.483. The number of rotatable bonds is 5. The Balaban J connectivity index is 1.75. The molecule has 1 atom stereocenters. The largest absolute Gasteiger partial charge is 0.344 e. The SMILES string of the molecule is Cc1cccc(-n2nc(-c3ccccc3F)cc2C(=O)N[C@@H](C)c2ccccc2)c1. The lowest BCUT2D eigenvalue weighted by Crippen LogP contribution is -2.28. The van der Waals surface area contributed by atoms with Crippen LogP contribution in [0.3, 0.4) is 0 Å². The van der Waals surface area contributed by atoms with E-state index in [2.05, 4.69) is 10.4 Å². The lowest BCUT2D eigenvalue weighted by molar-refractivity contribution is 0.0932. The van der Waals surface area contributed by atoms with Crippen molar-refractivity contribution in [3.8, 4) is 16.9 Å². The predicted octanol–water partition coefficient (Wildman–Crippen LogP) is 5.48. The molecule has 3 aromatic carbocycles. The molecule has 4 aromatic rings. The van der Waals surface area contributed by atoms with Crippen molar-refractivity contribution in [2.75, 3.05) is 0 Å². The number of carbonyl (C=O) groups excluding carboxylic acids is 1. The summed E-state index contributed by atoms with van der Waals surface area (Å²) < 4.78 is 15.9. The zero-order valence-electron chi connectivity index (χ0n) is 16.8. The van der Waals surface area contributed by atoms with Gasteiger partial charge in [-0.15, -0.1) is 0 Å². The van der Waals surface area contributed by atoms with Crippen LogP contribution in [-0.2, 0) is 0 Å². The third-order valence-electron chi connectivity index (χ3n) is 4.99. The van der Waals surface area contributed by atoms with Gasteiger partial charge in [-0.1, -0.05) is 54.6 Å². The molecule has 0 unspecified atom stereocenters. The highest BCUT2D eigenvalue weighted by Gasteiger charge is 2.21. The smallest absolute Gasteiger partial charge is 0.270 e. The molecule has 30 heavy (non-hydrogen) atoms. The molecule has 0 aliphatic carbocycles. The summed E-state index contributed by atoms with van der Waals surface area (Å²) in [6, 6.07) is 25.3. The Morgan fingerprint density at radius 3 is 2.43 bits per heavy atom. The van der Waals surface area contributed by atoms with Crippen molar-refractivity contribution < 1.29 is 9.18 Å². The first-order valence-corrected chi connectivity index (χ1v) is 9.81. The number of carbonyl (C=O) groups is 1. The normalized spacial score (nSPS) is 11.8. The van der Waals surface area contributed by atoms with E-state index in [1.165, 1.54) is 6.07 Å². The fraction of sp³-hybridized carbons (Fsp3) is 0.120. The summed E-state index contributed by atoms with van der Waals surface area (Å²) in [6.45, 7) is 3.90. The molecule has 0 radical (unpaired) electrons. The maximum atomic E-state index is 14.4. The van der Waals surface area contributed by atoms with Crippen LogP contribution in [-0.4, -0.2) is 15.7 Å². The van der Waals surface area contributed by atoms with Crippen molar-refractivity contribution in [2.24, 2.45) is 0 Å². The molecule has 1 amide bonds. The van der Waals surface area contributed by atoms with E-state index in [1.807, 2.05) is 68.4 Å². The Morgan fingerprint density at radius 2 is 1.70 bits per heavy atom. The number of hydrogen-bond acceptors (Lipinski definition) is 2. The third-order valence-corrected chi connectivity index (χ3v) is 4.99. The zero-order valence-corrected chi connectivity index (χ0v) is 16.8. The number of aromatic nitrogens is 2. The Morgan fingerprint density at radius 1 is 0.967 bits per heavy atom. The molecule has 0 saturated carbocycles. The summed E-state index contributed by atoms with van der Waals surface area (Å²) in [5.41, 5.74) is 3.90. The second-order valence-electron chi connectivity index (χ2n) is 7.25. The minimum Gasteiger partial charge on any atom is -0.344 e. The van der Waals surface area contributed by atoms with E-state index >= 15 is 0 Å². The standard InChI is InChI=1S/C25H22FN3O/c1-17-9-8-12-20(15-17)29-24(16-23(28-29)21-13-6-7-14-22(21)26)25(30)27-18(2)19-10-4-3-5-11-19/h3-16,18H,1-2H3,(H,27,30)/t18-/m0/s1. The van der Waals surface area contributed by atoms with Crippen LogP contribution in [0.5, 0.6) is 0 Å². The Labute approximate surface area is 175 Å². The number of aryl methyl sites for hydroxylation is 1. The molecule has 0 aliphatic rings. The number of halogens is 1. The van der Waals surface area contributed by atoms with Crippen LogP contribution in [0, 0.1) is 12.7 Å². The van der Waals surface area contributed by atoms with E-state index < -0.39 is 0 Å². The molecule has 0 bridgehead atoms. The lowest BCUT2D eigenvalue weighted by Gasteiger charge is -2.15. The summed E-state index contributed by atoms with van der Waals surface area (Å²) in [5.74, 6) is -0.654. The molecule has 4 nitrogen and oxygen atoms in total. The summed E-state index contributed by atoms with van der Waals surface area (Å²) in [5, 5.41) is 7.59. The molecule has 1 heterocycles. The van der Waals surface area contributed by atoms with Crippen molar-refractivity contribution in [3.05, 3.63) is 108 Å². The van der Waals surface area contributed by atoms with Crippen molar-refractivity contribution in [2.45, 2.75) is 19.9 Å². The van der Waals surface area contributed by atoms with Crippen LogP contribution in [0.1, 0.15) is 34.6 Å². The Kier molecular flexibility index (Phi) is 5.44. The van der Waals surface area contributed by atoms with Crippen molar-refractivity contribution in [3.63, 3.8) is 0 Å². The molecule has 0 fully saturated rings. The van der Waals surface area contributed by atoms with Gasteiger partial charge >= 0.3 is 0 Å². The van der Waals surface area contributed by atoms with Gasteiger partial charge in [-0.2, -0.15) is 5.10 Å². The van der Waals surface area contributed by atoms with E-state index in [4.69, 9.17) is 0 Å². The molecular weight excluding hydrogens is 377 g/mol. The maximum absolute atomic E-state index is 14.4. The first-order valence-electron chi connectivity index (χ1n) is 9.81. The lowest BCUT2D eigenvalue weighted by atomic mass is 10.1. The van der Waals surface area contributed by atoms with E-state index in [0.717, 1.165) is 16.8 Å². The summed E-state index contributed by atoms with van der Waals surface area (Å²) in [7, 11) is 0. The number of nitrogens with one attached hydrogen (secondary N) is 1. The summed E-state index contributed by atoms with van der Waals surface area (Å²) in [4.78, 5) is 13.2. The summed E-state index contributed by atoms with van der Waals surface area (Å²) in [6.07, 6.45) is 0. The number of hydrogen-bond donors (Lipinski definition) is 1. The van der Waals surface area contributed by atoms with Crippen LogP contribution < -0.4 is 5.32 Å². The van der Waals surface area contributed by atoms with Gasteiger partial charge in [0.2, 0.25) is 0 Å². The van der Waals surface area contributed by atoms with Crippen molar-refractivity contribution >= 4 is 5.91 Å². The van der Waals surface area contributed by atoms with E-state index in [9.17, 15) is 9.18 Å². The first kappa shape index (κ1) is 19.6. The highest BCUT2D eigenvalue weighted by atomic mass is 19.1. The van der Waals surface area contributed by atoms with E-state index in [0.29, 0.717) is 17.0 Å².